The molecule has 0 radical (unpaired) electrons. The van der Waals surface area contributed by atoms with Crippen LogP contribution in [0.3, 0.4) is 0 Å². The Kier molecular flexibility index (Phi) is 3.78. The Balaban J connectivity index is 1.84. The highest BCUT2D eigenvalue weighted by molar-refractivity contribution is 6.31. The van der Waals surface area contributed by atoms with Crippen molar-refractivity contribution in [1.82, 2.24) is 10.2 Å². The van der Waals surface area contributed by atoms with Gasteiger partial charge in [-0.3, -0.25) is 4.90 Å². The Bertz CT molecular complexity index is 503. The summed E-state index contributed by atoms with van der Waals surface area (Å²) in [5.74, 6) is 0.551. The number of rotatable bonds is 3. The van der Waals surface area contributed by atoms with Crippen molar-refractivity contribution >= 4 is 11.6 Å². The summed E-state index contributed by atoms with van der Waals surface area (Å²) in [6.07, 6.45) is 2.61. The minimum Gasteiger partial charge on any atom is -0.311 e. The number of hydrogen-bond donors (Lipinski definition) is 1. The van der Waals surface area contributed by atoms with Crippen LogP contribution in [-0.4, -0.2) is 29.6 Å². The average molecular weight is 297 g/mol. The second-order valence-electron chi connectivity index (χ2n) is 6.53. The standard InChI is InChI=1S/C16H22ClFN2/c1-11-8-20(16(2,10-19-11)13-3-4-13)9-12-7-14(18)5-6-15(12)17/h5-7,11,13,19H,3-4,8-10H2,1-2H3. The Hall–Kier alpha value is -0.640. The Labute approximate surface area is 125 Å². The summed E-state index contributed by atoms with van der Waals surface area (Å²) in [4.78, 5) is 2.49. The number of benzene rings is 1. The van der Waals surface area contributed by atoms with E-state index in [-0.39, 0.29) is 11.4 Å². The molecule has 0 bridgehead atoms. The molecule has 1 saturated heterocycles. The number of nitrogens with zero attached hydrogens (tertiary/aromatic N) is 1. The van der Waals surface area contributed by atoms with E-state index in [0.29, 0.717) is 11.1 Å². The van der Waals surface area contributed by atoms with Crippen LogP contribution < -0.4 is 5.32 Å². The molecule has 2 aliphatic rings. The predicted octanol–water partition coefficient (Wildman–Crippen LogP) is 3.44. The van der Waals surface area contributed by atoms with Gasteiger partial charge in [-0.2, -0.15) is 0 Å². The molecule has 0 aromatic heterocycles. The summed E-state index contributed by atoms with van der Waals surface area (Å²) in [6, 6.07) is 5.12. The van der Waals surface area contributed by atoms with Crippen molar-refractivity contribution in [3.63, 3.8) is 0 Å². The Morgan fingerprint density at radius 1 is 1.45 bits per heavy atom. The maximum atomic E-state index is 13.5. The van der Waals surface area contributed by atoms with Gasteiger partial charge in [-0.15, -0.1) is 0 Å². The lowest BCUT2D eigenvalue weighted by molar-refractivity contribution is 0.0311. The monoisotopic (exact) mass is 296 g/mol. The summed E-state index contributed by atoms with van der Waals surface area (Å²) in [5, 5.41) is 4.25. The van der Waals surface area contributed by atoms with Crippen molar-refractivity contribution in [2.75, 3.05) is 13.1 Å². The van der Waals surface area contributed by atoms with Crippen LogP contribution in [0.15, 0.2) is 18.2 Å². The zero-order valence-electron chi connectivity index (χ0n) is 12.1. The number of nitrogens with one attached hydrogen (secondary N) is 1. The van der Waals surface area contributed by atoms with E-state index in [1.807, 2.05) is 0 Å². The highest BCUT2D eigenvalue weighted by Gasteiger charge is 2.47. The SMILES string of the molecule is CC1CN(Cc2cc(F)ccc2Cl)C(C)(C2CC2)CN1. The highest BCUT2D eigenvalue weighted by atomic mass is 35.5. The van der Waals surface area contributed by atoms with Gasteiger partial charge in [0.05, 0.1) is 0 Å². The van der Waals surface area contributed by atoms with Crippen LogP contribution in [0.25, 0.3) is 0 Å². The summed E-state index contributed by atoms with van der Waals surface area (Å²) < 4.78 is 13.5. The molecule has 1 saturated carbocycles. The van der Waals surface area contributed by atoms with Crippen molar-refractivity contribution < 1.29 is 4.39 Å². The first kappa shape index (κ1) is 14.3. The van der Waals surface area contributed by atoms with Crippen molar-refractivity contribution in [3.8, 4) is 0 Å². The van der Waals surface area contributed by atoms with Crippen molar-refractivity contribution in [2.24, 2.45) is 5.92 Å². The van der Waals surface area contributed by atoms with Gasteiger partial charge in [0.1, 0.15) is 5.82 Å². The third kappa shape index (κ3) is 2.72. The van der Waals surface area contributed by atoms with Gasteiger partial charge in [0.15, 0.2) is 0 Å². The van der Waals surface area contributed by atoms with Gasteiger partial charge in [-0.05, 0) is 56.4 Å². The van der Waals surface area contributed by atoms with Gasteiger partial charge in [0.25, 0.3) is 0 Å². The highest BCUT2D eigenvalue weighted by Crippen LogP contribution is 2.44. The molecule has 4 heteroatoms. The van der Waals surface area contributed by atoms with Gasteiger partial charge < -0.3 is 5.32 Å². The summed E-state index contributed by atoms with van der Waals surface area (Å²) in [6.45, 7) is 7.25. The van der Waals surface area contributed by atoms with Crippen LogP contribution in [0.2, 0.25) is 5.02 Å². The molecule has 2 nitrogen and oxygen atoms in total. The predicted molar refractivity (Wildman–Crippen MR) is 80.4 cm³/mol. The molecule has 3 rings (SSSR count). The second-order valence-corrected chi connectivity index (χ2v) is 6.94. The molecule has 1 N–H and O–H groups in total. The van der Waals surface area contributed by atoms with E-state index in [0.717, 1.165) is 31.1 Å². The lowest BCUT2D eigenvalue weighted by atomic mass is 9.89. The Morgan fingerprint density at radius 3 is 2.90 bits per heavy atom. The molecule has 20 heavy (non-hydrogen) atoms. The van der Waals surface area contributed by atoms with Crippen LogP contribution >= 0.6 is 11.6 Å². The maximum Gasteiger partial charge on any atom is 0.123 e. The van der Waals surface area contributed by atoms with Crippen LogP contribution in [0.4, 0.5) is 4.39 Å². The minimum atomic E-state index is -0.208. The third-order valence-corrected chi connectivity index (χ3v) is 5.22. The first-order valence-electron chi connectivity index (χ1n) is 7.41. The average Bonchev–Trinajstić information content (AvgIpc) is 3.23. The molecule has 1 aromatic rings. The van der Waals surface area contributed by atoms with E-state index in [2.05, 4.69) is 24.1 Å². The maximum absolute atomic E-state index is 13.5. The van der Waals surface area contributed by atoms with E-state index >= 15 is 0 Å². The molecule has 1 aliphatic heterocycles. The molecule has 110 valence electrons. The molecular weight excluding hydrogens is 275 g/mol. The molecule has 0 spiro atoms. The number of halogens is 2. The zero-order chi connectivity index (χ0) is 14.3. The Morgan fingerprint density at radius 2 is 2.20 bits per heavy atom. The molecule has 2 atom stereocenters. The van der Waals surface area contributed by atoms with Crippen LogP contribution in [0.5, 0.6) is 0 Å². The van der Waals surface area contributed by atoms with E-state index in [1.165, 1.54) is 18.9 Å². The number of piperazine rings is 1. The summed E-state index contributed by atoms with van der Waals surface area (Å²) in [7, 11) is 0. The molecule has 1 heterocycles. The number of hydrogen-bond acceptors (Lipinski definition) is 2. The largest absolute Gasteiger partial charge is 0.311 e. The van der Waals surface area contributed by atoms with Gasteiger partial charge >= 0.3 is 0 Å². The minimum absolute atomic E-state index is 0.169. The van der Waals surface area contributed by atoms with E-state index in [4.69, 9.17) is 11.6 Å². The van der Waals surface area contributed by atoms with Crippen LogP contribution in [0.1, 0.15) is 32.3 Å². The molecule has 1 aromatic carbocycles. The van der Waals surface area contributed by atoms with Gasteiger partial charge in [0, 0.05) is 36.2 Å². The topological polar surface area (TPSA) is 15.3 Å². The molecule has 2 fully saturated rings. The smallest absolute Gasteiger partial charge is 0.123 e. The van der Waals surface area contributed by atoms with Gasteiger partial charge in [0.2, 0.25) is 0 Å². The molecule has 1 aliphatic carbocycles. The van der Waals surface area contributed by atoms with Crippen molar-refractivity contribution in [1.29, 1.82) is 0 Å². The molecule has 2 unspecified atom stereocenters. The second kappa shape index (κ2) is 5.28. The quantitative estimate of drug-likeness (QED) is 0.919. The zero-order valence-corrected chi connectivity index (χ0v) is 12.9. The first-order chi connectivity index (χ1) is 9.49. The normalized spacial score (nSPS) is 31.5. The van der Waals surface area contributed by atoms with E-state index in [1.54, 1.807) is 12.1 Å². The van der Waals surface area contributed by atoms with Crippen LogP contribution in [0, 0.1) is 11.7 Å². The first-order valence-corrected chi connectivity index (χ1v) is 7.79. The lowest BCUT2D eigenvalue weighted by Crippen LogP contribution is -2.63. The third-order valence-electron chi connectivity index (χ3n) is 4.85. The lowest BCUT2D eigenvalue weighted by Gasteiger charge is -2.48. The fourth-order valence-electron chi connectivity index (χ4n) is 3.32. The van der Waals surface area contributed by atoms with E-state index < -0.39 is 0 Å². The molecular formula is C16H22ClFN2. The van der Waals surface area contributed by atoms with E-state index in [9.17, 15) is 4.39 Å². The summed E-state index contributed by atoms with van der Waals surface area (Å²) >= 11 is 6.23. The van der Waals surface area contributed by atoms with Crippen molar-refractivity contribution in [3.05, 3.63) is 34.6 Å². The van der Waals surface area contributed by atoms with Crippen molar-refractivity contribution in [2.45, 2.75) is 44.8 Å². The summed E-state index contributed by atoms with van der Waals surface area (Å²) in [5.41, 5.74) is 1.06. The van der Waals surface area contributed by atoms with Gasteiger partial charge in [-0.25, -0.2) is 4.39 Å². The van der Waals surface area contributed by atoms with Gasteiger partial charge in [-0.1, -0.05) is 11.6 Å². The molecule has 0 amide bonds. The van der Waals surface area contributed by atoms with Crippen LogP contribution in [-0.2, 0) is 6.54 Å². The fraction of sp³-hybridized carbons (Fsp3) is 0.625. The fourth-order valence-corrected chi connectivity index (χ4v) is 3.50.